The van der Waals surface area contributed by atoms with Gasteiger partial charge in [-0.2, -0.15) is 0 Å². The van der Waals surface area contributed by atoms with E-state index in [2.05, 4.69) is 23.2 Å². The second-order valence-corrected chi connectivity index (χ2v) is 8.96. The van der Waals surface area contributed by atoms with Gasteiger partial charge < -0.3 is 10.6 Å². The molecule has 0 bridgehead atoms. The fourth-order valence-electron chi connectivity index (χ4n) is 5.16. The fraction of sp³-hybridized carbons (Fsp3) is 0.480. The number of rotatable bonds is 5. The van der Waals surface area contributed by atoms with E-state index >= 15 is 0 Å². The van der Waals surface area contributed by atoms with E-state index in [4.69, 9.17) is 5.73 Å². The van der Waals surface area contributed by atoms with Gasteiger partial charge in [0.15, 0.2) is 0 Å². The smallest absolute Gasteiger partial charge is 0.225 e. The van der Waals surface area contributed by atoms with Crippen molar-refractivity contribution in [3.63, 3.8) is 0 Å². The Bertz CT molecular complexity index is 892. The van der Waals surface area contributed by atoms with Crippen molar-refractivity contribution in [3.05, 3.63) is 54.4 Å². The predicted molar refractivity (Wildman–Crippen MR) is 117 cm³/mol. The van der Waals surface area contributed by atoms with E-state index in [1.807, 2.05) is 23.1 Å². The number of hydrogen-bond donors (Lipinski definition) is 1. The highest BCUT2D eigenvalue weighted by atomic mass is 16.2. The molecule has 1 aromatic carbocycles. The maximum atomic E-state index is 13.1. The molecule has 0 radical (unpaired) electrons. The summed E-state index contributed by atoms with van der Waals surface area (Å²) in [7, 11) is 0. The lowest BCUT2D eigenvalue weighted by Crippen LogP contribution is -2.54. The third-order valence-corrected chi connectivity index (χ3v) is 6.85. The summed E-state index contributed by atoms with van der Waals surface area (Å²) in [5.41, 5.74) is 8.53. The van der Waals surface area contributed by atoms with Gasteiger partial charge in [-0.25, -0.2) is 0 Å². The molecule has 2 aromatic rings. The molecule has 1 saturated carbocycles. The van der Waals surface area contributed by atoms with Crippen LogP contribution in [0.4, 0.5) is 0 Å². The van der Waals surface area contributed by atoms with Crippen molar-refractivity contribution in [2.75, 3.05) is 13.1 Å². The minimum Gasteiger partial charge on any atom is -0.369 e. The van der Waals surface area contributed by atoms with E-state index < -0.39 is 5.41 Å². The van der Waals surface area contributed by atoms with E-state index in [1.54, 1.807) is 12.4 Å². The summed E-state index contributed by atoms with van der Waals surface area (Å²) in [6.45, 7) is 1.18. The number of benzene rings is 1. The molecule has 0 unspecified atom stereocenters. The lowest BCUT2D eigenvalue weighted by atomic mass is 9.73. The van der Waals surface area contributed by atoms with E-state index in [9.17, 15) is 9.59 Å². The summed E-state index contributed by atoms with van der Waals surface area (Å²) in [6, 6.07) is 12.2. The molecule has 30 heavy (non-hydrogen) atoms. The first-order valence-electron chi connectivity index (χ1n) is 11.2. The number of likely N-dealkylation sites (tertiary alicyclic amines) is 1. The Balaban J connectivity index is 1.54. The fourth-order valence-corrected chi connectivity index (χ4v) is 5.16. The van der Waals surface area contributed by atoms with Crippen molar-refractivity contribution in [2.45, 2.75) is 51.4 Å². The van der Waals surface area contributed by atoms with E-state index in [-0.39, 0.29) is 17.7 Å². The van der Waals surface area contributed by atoms with Gasteiger partial charge in [-0.15, -0.1) is 0 Å². The molecule has 0 spiro atoms. The summed E-state index contributed by atoms with van der Waals surface area (Å²) in [6.07, 6.45) is 11.1. The molecular formula is C25H31N3O2. The number of carbonyl (C=O) groups is 2. The van der Waals surface area contributed by atoms with Crippen LogP contribution in [-0.4, -0.2) is 34.8 Å². The number of pyridine rings is 1. The zero-order valence-electron chi connectivity index (χ0n) is 17.6. The summed E-state index contributed by atoms with van der Waals surface area (Å²) < 4.78 is 0. The summed E-state index contributed by atoms with van der Waals surface area (Å²) >= 11 is 0. The Morgan fingerprint density at radius 3 is 2.53 bits per heavy atom. The molecule has 158 valence electrons. The molecule has 5 nitrogen and oxygen atoms in total. The number of primary amides is 1. The Kier molecular flexibility index (Phi) is 6.16. The molecule has 1 saturated heterocycles. The van der Waals surface area contributed by atoms with Crippen LogP contribution in [0.3, 0.4) is 0 Å². The predicted octanol–water partition coefficient (Wildman–Crippen LogP) is 3.97. The van der Waals surface area contributed by atoms with E-state index in [1.165, 1.54) is 6.42 Å². The summed E-state index contributed by atoms with van der Waals surface area (Å²) in [5, 5.41) is 0. The first kappa shape index (κ1) is 20.6. The zero-order valence-corrected chi connectivity index (χ0v) is 17.6. The van der Waals surface area contributed by atoms with Gasteiger partial charge in [-0.3, -0.25) is 14.6 Å². The lowest BCUT2D eigenvalue weighted by Gasteiger charge is -2.42. The number of nitrogens with two attached hydrogens (primary N) is 1. The number of aromatic nitrogens is 1. The highest BCUT2D eigenvalue weighted by Crippen LogP contribution is 2.36. The van der Waals surface area contributed by atoms with Crippen molar-refractivity contribution in [1.29, 1.82) is 0 Å². The van der Waals surface area contributed by atoms with Crippen LogP contribution in [0.1, 0.15) is 50.5 Å². The van der Waals surface area contributed by atoms with Crippen molar-refractivity contribution in [3.8, 4) is 11.1 Å². The number of carbonyl (C=O) groups excluding carboxylic acids is 2. The minimum atomic E-state index is -0.695. The molecule has 1 aliphatic carbocycles. The second-order valence-electron chi connectivity index (χ2n) is 8.96. The van der Waals surface area contributed by atoms with Gasteiger partial charge in [0.25, 0.3) is 0 Å². The second kappa shape index (κ2) is 8.99. The van der Waals surface area contributed by atoms with Crippen LogP contribution in [0.15, 0.2) is 48.8 Å². The summed E-state index contributed by atoms with van der Waals surface area (Å²) in [5.74, 6) is 0.0564. The van der Waals surface area contributed by atoms with Crippen LogP contribution in [0.25, 0.3) is 11.1 Å². The molecule has 2 amide bonds. The van der Waals surface area contributed by atoms with Crippen LogP contribution in [0.2, 0.25) is 0 Å². The van der Waals surface area contributed by atoms with Gasteiger partial charge in [-0.05, 0) is 60.9 Å². The average molecular weight is 406 g/mol. The topological polar surface area (TPSA) is 76.3 Å². The Morgan fingerprint density at radius 2 is 1.80 bits per heavy atom. The zero-order chi connectivity index (χ0) is 21.0. The highest BCUT2D eigenvalue weighted by molar-refractivity contribution is 5.84. The van der Waals surface area contributed by atoms with E-state index in [0.717, 1.165) is 61.8 Å². The monoisotopic (exact) mass is 405 g/mol. The maximum absolute atomic E-state index is 13.1. The van der Waals surface area contributed by atoms with E-state index in [0.29, 0.717) is 13.0 Å². The quantitative estimate of drug-likeness (QED) is 0.818. The number of nitrogens with zero attached hydrogens (tertiary/aromatic N) is 2. The average Bonchev–Trinajstić information content (AvgIpc) is 2.80. The van der Waals surface area contributed by atoms with Crippen LogP contribution >= 0.6 is 0 Å². The minimum absolute atomic E-state index is 0.123. The third-order valence-electron chi connectivity index (χ3n) is 6.85. The van der Waals surface area contributed by atoms with Crippen molar-refractivity contribution >= 4 is 11.8 Å². The van der Waals surface area contributed by atoms with Gasteiger partial charge >= 0.3 is 0 Å². The number of piperidine rings is 1. The van der Waals surface area contributed by atoms with Crippen LogP contribution in [-0.2, 0) is 16.0 Å². The van der Waals surface area contributed by atoms with Crippen LogP contribution < -0.4 is 5.73 Å². The Morgan fingerprint density at radius 1 is 1.03 bits per heavy atom. The molecule has 1 aliphatic heterocycles. The largest absolute Gasteiger partial charge is 0.369 e. The Labute approximate surface area is 178 Å². The normalized spacial score (nSPS) is 22.6. The van der Waals surface area contributed by atoms with Crippen LogP contribution in [0.5, 0.6) is 0 Å². The molecule has 2 fully saturated rings. The third kappa shape index (κ3) is 4.40. The highest BCUT2D eigenvalue weighted by Gasteiger charge is 2.43. The first-order valence-corrected chi connectivity index (χ1v) is 11.2. The molecule has 5 heteroatoms. The molecule has 2 heterocycles. The van der Waals surface area contributed by atoms with Crippen molar-refractivity contribution < 1.29 is 9.59 Å². The maximum Gasteiger partial charge on any atom is 0.225 e. The first-order chi connectivity index (χ1) is 14.6. The molecule has 2 N–H and O–H groups in total. The molecule has 1 aromatic heterocycles. The van der Waals surface area contributed by atoms with Gasteiger partial charge in [0.2, 0.25) is 11.8 Å². The number of hydrogen-bond acceptors (Lipinski definition) is 3. The lowest BCUT2D eigenvalue weighted by molar-refractivity contribution is -0.143. The van der Waals surface area contributed by atoms with Gasteiger partial charge in [0, 0.05) is 31.4 Å². The van der Waals surface area contributed by atoms with Crippen molar-refractivity contribution in [1.82, 2.24) is 9.88 Å². The summed E-state index contributed by atoms with van der Waals surface area (Å²) in [4.78, 5) is 31.8. The standard InChI is InChI=1S/C25H31N3O2/c26-24(30)25(12-5-15-28(18-25)23(29)21-7-2-1-3-8-21)17-19-6-4-9-22(16-19)20-10-13-27-14-11-20/h4,6,9-11,13-14,16,21H,1-3,5,7-8,12,15,17-18H2,(H2,26,30)/t25-/m0/s1. The van der Waals surface area contributed by atoms with Gasteiger partial charge in [0.05, 0.1) is 5.41 Å². The van der Waals surface area contributed by atoms with Crippen LogP contribution in [0, 0.1) is 11.3 Å². The molecule has 2 aliphatic rings. The van der Waals surface area contributed by atoms with Gasteiger partial charge in [0.1, 0.15) is 0 Å². The molecule has 4 rings (SSSR count). The van der Waals surface area contributed by atoms with Crippen molar-refractivity contribution in [2.24, 2.45) is 17.1 Å². The number of amides is 2. The van der Waals surface area contributed by atoms with Gasteiger partial charge in [-0.1, -0.05) is 43.5 Å². The molecule has 1 atom stereocenters. The SMILES string of the molecule is NC(=O)[C@]1(Cc2cccc(-c3ccncc3)c2)CCCN(C(=O)C2CCCCC2)C1. The molecular weight excluding hydrogens is 374 g/mol. The Hall–Kier alpha value is -2.69.